The molecule has 0 aromatic carbocycles. The monoisotopic (exact) mass is 366 g/mol. The second-order valence-electron chi connectivity index (χ2n) is 6.06. The van der Waals surface area contributed by atoms with Crippen molar-refractivity contribution in [1.82, 2.24) is 25.1 Å². The Bertz CT molecular complexity index is 904. The lowest BCUT2D eigenvalue weighted by Gasteiger charge is -2.35. The van der Waals surface area contributed by atoms with Crippen molar-refractivity contribution in [3.05, 3.63) is 48.4 Å². The first-order valence-electron chi connectivity index (χ1n) is 8.53. The van der Waals surface area contributed by atoms with Crippen LogP contribution in [0.4, 0.5) is 17.6 Å². The Morgan fingerprint density at radius 1 is 1.04 bits per heavy atom. The lowest BCUT2D eigenvalue weighted by atomic mass is 10.3. The summed E-state index contributed by atoms with van der Waals surface area (Å²) in [5.74, 6) is 2.05. The standard InChI is InChI=1S/C17H18N8O2/c1-12-9-14(23-27-12)22-16(26)13-10-21-15(11-20-13)24-5-7-25(8-6-24)17-18-3-2-4-19-17/h2-4,9-11H,5-8H2,1H3,(H,22,23,26). The lowest BCUT2D eigenvalue weighted by Crippen LogP contribution is -2.47. The van der Waals surface area contributed by atoms with Crippen LogP contribution in [0.2, 0.25) is 0 Å². The molecule has 4 heterocycles. The van der Waals surface area contributed by atoms with E-state index in [1.165, 1.54) is 6.20 Å². The van der Waals surface area contributed by atoms with Crippen molar-refractivity contribution in [2.75, 3.05) is 41.3 Å². The van der Waals surface area contributed by atoms with Crippen molar-refractivity contribution < 1.29 is 9.32 Å². The predicted octanol–water partition coefficient (Wildman–Crippen LogP) is 1.14. The van der Waals surface area contributed by atoms with E-state index in [0.29, 0.717) is 11.6 Å². The summed E-state index contributed by atoms with van der Waals surface area (Å²) in [6.45, 7) is 4.88. The second-order valence-corrected chi connectivity index (χ2v) is 6.06. The first-order valence-corrected chi connectivity index (χ1v) is 8.53. The fourth-order valence-corrected chi connectivity index (χ4v) is 2.80. The SMILES string of the molecule is Cc1cc(NC(=O)c2cnc(N3CCN(c4ncccn4)CC3)cn2)no1. The Morgan fingerprint density at radius 3 is 2.41 bits per heavy atom. The molecule has 1 aliphatic heterocycles. The van der Waals surface area contributed by atoms with Crippen molar-refractivity contribution in [2.45, 2.75) is 6.92 Å². The quantitative estimate of drug-likeness (QED) is 0.726. The lowest BCUT2D eigenvalue weighted by molar-refractivity contribution is 0.102. The maximum atomic E-state index is 12.2. The van der Waals surface area contributed by atoms with Crippen LogP contribution in [0.1, 0.15) is 16.2 Å². The van der Waals surface area contributed by atoms with Gasteiger partial charge in [-0.2, -0.15) is 0 Å². The van der Waals surface area contributed by atoms with Gasteiger partial charge in [0.2, 0.25) is 5.95 Å². The smallest absolute Gasteiger partial charge is 0.277 e. The molecule has 0 unspecified atom stereocenters. The molecule has 3 aromatic heterocycles. The van der Waals surface area contributed by atoms with Gasteiger partial charge in [0.05, 0.1) is 12.4 Å². The average molecular weight is 366 g/mol. The third kappa shape index (κ3) is 3.84. The van der Waals surface area contributed by atoms with E-state index in [-0.39, 0.29) is 11.6 Å². The van der Waals surface area contributed by atoms with Crippen LogP contribution in [0.3, 0.4) is 0 Å². The minimum Gasteiger partial charge on any atom is -0.360 e. The Kier molecular flexibility index (Phi) is 4.60. The number of aromatic nitrogens is 5. The van der Waals surface area contributed by atoms with Crippen molar-refractivity contribution in [2.24, 2.45) is 0 Å². The maximum Gasteiger partial charge on any atom is 0.277 e. The van der Waals surface area contributed by atoms with Gasteiger partial charge in [-0.25, -0.2) is 19.9 Å². The number of nitrogens with zero attached hydrogens (tertiary/aromatic N) is 7. The Hall–Kier alpha value is -3.56. The van der Waals surface area contributed by atoms with Gasteiger partial charge in [0.25, 0.3) is 5.91 Å². The molecule has 138 valence electrons. The van der Waals surface area contributed by atoms with Crippen LogP contribution >= 0.6 is 0 Å². The molecule has 0 aliphatic carbocycles. The van der Waals surface area contributed by atoms with E-state index >= 15 is 0 Å². The topological polar surface area (TPSA) is 113 Å². The molecule has 1 saturated heterocycles. The van der Waals surface area contributed by atoms with Gasteiger partial charge in [-0.15, -0.1) is 0 Å². The van der Waals surface area contributed by atoms with E-state index in [1.807, 2.05) is 0 Å². The summed E-state index contributed by atoms with van der Waals surface area (Å²) in [5.41, 5.74) is 0.218. The van der Waals surface area contributed by atoms with Crippen LogP contribution in [-0.4, -0.2) is 57.2 Å². The number of carbonyl (C=O) groups is 1. The van der Waals surface area contributed by atoms with Crippen molar-refractivity contribution >= 4 is 23.5 Å². The third-order valence-corrected chi connectivity index (χ3v) is 4.18. The number of amides is 1. The van der Waals surface area contributed by atoms with Gasteiger partial charge >= 0.3 is 0 Å². The van der Waals surface area contributed by atoms with Gasteiger partial charge in [0.1, 0.15) is 17.3 Å². The minimum absolute atomic E-state index is 0.218. The molecule has 1 N–H and O–H groups in total. The number of hydrogen-bond donors (Lipinski definition) is 1. The van der Waals surface area contributed by atoms with Gasteiger partial charge in [0.15, 0.2) is 5.82 Å². The number of anilines is 3. The number of nitrogens with one attached hydrogen (secondary N) is 1. The molecule has 0 atom stereocenters. The van der Waals surface area contributed by atoms with Gasteiger partial charge < -0.3 is 19.6 Å². The summed E-state index contributed by atoms with van der Waals surface area (Å²) in [5, 5.41) is 6.35. The van der Waals surface area contributed by atoms with Crippen molar-refractivity contribution in [3.63, 3.8) is 0 Å². The molecule has 1 amide bonds. The van der Waals surface area contributed by atoms with E-state index in [0.717, 1.165) is 37.9 Å². The highest BCUT2D eigenvalue weighted by Crippen LogP contribution is 2.16. The normalized spacial score (nSPS) is 14.3. The first kappa shape index (κ1) is 16.9. The second kappa shape index (κ2) is 7.36. The predicted molar refractivity (Wildman–Crippen MR) is 97.7 cm³/mol. The van der Waals surface area contributed by atoms with Crippen LogP contribution < -0.4 is 15.1 Å². The van der Waals surface area contributed by atoms with Crippen LogP contribution in [0.5, 0.6) is 0 Å². The maximum absolute atomic E-state index is 12.2. The van der Waals surface area contributed by atoms with E-state index < -0.39 is 0 Å². The van der Waals surface area contributed by atoms with Gasteiger partial charge in [-0.1, -0.05) is 5.16 Å². The molecule has 0 bridgehead atoms. The van der Waals surface area contributed by atoms with Gasteiger partial charge in [0, 0.05) is 44.6 Å². The number of aryl methyl sites for hydroxylation is 1. The number of hydrogen-bond acceptors (Lipinski definition) is 9. The van der Waals surface area contributed by atoms with Crippen LogP contribution in [0.15, 0.2) is 41.4 Å². The molecular formula is C17H18N8O2. The summed E-state index contributed by atoms with van der Waals surface area (Å²) >= 11 is 0. The van der Waals surface area contributed by atoms with Crippen LogP contribution in [0, 0.1) is 6.92 Å². The fraction of sp³-hybridized carbons (Fsp3) is 0.294. The highest BCUT2D eigenvalue weighted by molar-refractivity contribution is 6.02. The number of rotatable bonds is 4. The highest BCUT2D eigenvalue weighted by Gasteiger charge is 2.20. The van der Waals surface area contributed by atoms with Crippen LogP contribution in [-0.2, 0) is 0 Å². The molecule has 3 aromatic rings. The molecule has 10 heteroatoms. The zero-order valence-corrected chi connectivity index (χ0v) is 14.7. The van der Waals surface area contributed by atoms with E-state index in [4.69, 9.17) is 4.52 Å². The van der Waals surface area contributed by atoms with E-state index in [2.05, 4.69) is 40.2 Å². The molecule has 0 radical (unpaired) electrons. The molecule has 1 aliphatic rings. The Morgan fingerprint density at radius 2 is 1.78 bits per heavy atom. The molecule has 0 spiro atoms. The highest BCUT2D eigenvalue weighted by atomic mass is 16.5. The Labute approximate surface area is 155 Å². The largest absolute Gasteiger partial charge is 0.360 e. The molecule has 27 heavy (non-hydrogen) atoms. The van der Waals surface area contributed by atoms with E-state index in [1.54, 1.807) is 37.6 Å². The molecule has 0 saturated carbocycles. The summed E-state index contributed by atoms with van der Waals surface area (Å²) in [4.78, 5) is 33.6. The molecular weight excluding hydrogens is 348 g/mol. The molecule has 10 nitrogen and oxygen atoms in total. The Balaban J connectivity index is 1.36. The summed E-state index contributed by atoms with van der Waals surface area (Å²) < 4.78 is 4.92. The molecule has 4 rings (SSSR count). The number of carbonyl (C=O) groups excluding carboxylic acids is 1. The summed E-state index contributed by atoms with van der Waals surface area (Å²) in [7, 11) is 0. The molecule has 1 fully saturated rings. The summed E-state index contributed by atoms with van der Waals surface area (Å²) in [6.07, 6.45) is 6.55. The zero-order valence-electron chi connectivity index (χ0n) is 14.7. The summed E-state index contributed by atoms with van der Waals surface area (Å²) in [6, 6.07) is 3.44. The zero-order chi connectivity index (χ0) is 18.6. The van der Waals surface area contributed by atoms with E-state index in [9.17, 15) is 4.79 Å². The fourth-order valence-electron chi connectivity index (χ4n) is 2.80. The van der Waals surface area contributed by atoms with Crippen molar-refractivity contribution in [1.29, 1.82) is 0 Å². The van der Waals surface area contributed by atoms with Gasteiger partial charge in [-0.3, -0.25) is 4.79 Å². The van der Waals surface area contributed by atoms with Crippen molar-refractivity contribution in [3.8, 4) is 0 Å². The number of piperazine rings is 1. The minimum atomic E-state index is -0.381. The van der Waals surface area contributed by atoms with Gasteiger partial charge in [-0.05, 0) is 13.0 Å². The third-order valence-electron chi connectivity index (χ3n) is 4.18. The van der Waals surface area contributed by atoms with Crippen LogP contribution in [0.25, 0.3) is 0 Å². The first-order chi connectivity index (χ1) is 13.2. The average Bonchev–Trinajstić information content (AvgIpc) is 3.13.